The number of aliphatic carboxylic acids is 1. The Balaban J connectivity index is 1.77. The first-order valence-corrected chi connectivity index (χ1v) is 13.0. The predicted octanol–water partition coefficient (Wildman–Crippen LogP) is 2.32. The van der Waals surface area contributed by atoms with Gasteiger partial charge in [-0.05, 0) is 49.4 Å². The molecule has 36 heavy (non-hydrogen) atoms. The van der Waals surface area contributed by atoms with Crippen molar-refractivity contribution in [1.29, 1.82) is 0 Å². The fourth-order valence-electron chi connectivity index (χ4n) is 4.55. The van der Waals surface area contributed by atoms with E-state index < -0.39 is 36.0 Å². The molecule has 1 aliphatic heterocycles. The van der Waals surface area contributed by atoms with Gasteiger partial charge in [0.15, 0.2) is 6.10 Å². The summed E-state index contributed by atoms with van der Waals surface area (Å²) in [5.41, 5.74) is 1.91. The Morgan fingerprint density at radius 1 is 1.17 bits per heavy atom. The maximum absolute atomic E-state index is 13.5. The molecule has 200 valence electrons. The summed E-state index contributed by atoms with van der Waals surface area (Å²) < 4.78 is 11.2. The van der Waals surface area contributed by atoms with Crippen LogP contribution in [0, 0.1) is 11.8 Å². The van der Waals surface area contributed by atoms with Crippen molar-refractivity contribution in [3.8, 4) is 0 Å². The maximum Gasteiger partial charge on any atom is 0.326 e. The second-order valence-electron chi connectivity index (χ2n) is 10.3. The van der Waals surface area contributed by atoms with Crippen molar-refractivity contribution in [3.05, 3.63) is 29.8 Å². The normalized spacial score (nSPS) is 18.4. The molecule has 1 heterocycles. The molecular formula is C27H41N3O6. The lowest BCUT2D eigenvalue weighted by Gasteiger charge is -2.30. The zero-order chi connectivity index (χ0) is 26.2. The Kier molecular flexibility index (Phi) is 10.1. The van der Waals surface area contributed by atoms with Crippen LogP contribution in [-0.4, -0.2) is 86.4 Å². The molecule has 1 saturated heterocycles. The number of hydrogen-bond donors (Lipinski definition) is 2. The van der Waals surface area contributed by atoms with E-state index in [2.05, 4.69) is 10.2 Å². The predicted molar refractivity (Wildman–Crippen MR) is 137 cm³/mol. The highest BCUT2D eigenvalue weighted by Gasteiger charge is 2.36. The van der Waals surface area contributed by atoms with Crippen LogP contribution in [0.4, 0.5) is 5.69 Å². The third-order valence-electron chi connectivity index (χ3n) is 6.96. The van der Waals surface area contributed by atoms with Crippen LogP contribution in [0.2, 0.25) is 0 Å². The lowest BCUT2D eigenvalue weighted by molar-refractivity contribution is -0.164. The van der Waals surface area contributed by atoms with Crippen LogP contribution in [-0.2, 0) is 30.3 Å². The van der Waals surface area contributed by atoms with Crippen LogP contribution in [0.25, 0.3) is 0 Å². The van der Waals surface area contributed by atoms with Gasteiger partial charge in [-0.2, -0.15) is 0 Å². The molecule has 3 atom stereocenters. The zero-order valence-electron chi connectivity index (χ0n) is 21.9. The average molecular weight is 504 g/mol. The fourth-order valence-corrected chi connectivity index (χ4v) is 4.55. The van der Waals surface area contributed by atoms with Gasteiger partial charge >= 0.3 is 11.9 Å². The summed E-state index contributed by atoms with van der Waals surface area (Å²) in [5, 5.41) is 12.8. The Morgan fingerprint density at radius 2 is 1.81 bits per heavy atom. The van der Waals surface area contributed by atoms with E-state index in [1.807, 2.05) is 38.1 Å². The van der Waals surface area contributed by atoms with Crippen LogP contribution in [0.5, 0.6) is 0 Å². The molecule has 3 unspecified atom stereocenters. The molecule has 1 amide bonds. The monoisotopic (exact) mass is 503 g/mol. The zero-order valence-corrected chi connectivity index (χ0v) is 21.9. The van der Waals surface area contributed by atoms with Gasteiger partial charge in [-0.25, -0.2) is 4.79 Å². The largest absolute Gasteiger partial charge is 0.480 e. The van der Waals surface area contributed by atoms with E-state index in [4.69, 9.17) is 9.47 Å². The highest BCUT2D eigenvalue weighted by Crippen LogP contribution is 2.33. The van der Waals surface area contributed by atoms with E-state index in [0.717, 1.165) is 37.2 Å². The van der Waals surface area contributed by atoms with Gasteiger partial charge in [-0.3, -0.25) is 9.59 Å². The number of carbonyl (C=O) groups is 3. The molecule has 0 radical (unpaired) electrons. The lowest BCUT2D eigenvalue weighted by atomic mass is 10.0. The van der Waals surface area contributed by atoms with Crippen molar-refractivity contribution in [1.82, 2.24) is 10.2 Å². The summed E-state index contributed by atoms with van der Waals surface area (Å²) in [7, 11) is 3.19. The molecule has 0 aromatic heterocycles. The van der Waals surface area contributed by atoms with Gasteiger partial charge < -0.3 is 29.7 Å². The van der Waals surface area contributed by atoms with E-state index in [-0.39, 0.29) is 12.3 Å². The summed E-state index contributed by atoms with van der Waals surface area (Å²) in [6.07, 6.45) is 2.24. The van der Waals surface area contributed by atoms with Crippen molar-refractivity contribution in [2.45, 2.75) is 64.1 Å². The number of hydrogen-bond acceptors (Lipinski definition) is 7. The van der Waals surface area contributed by atoms with Gasteiger partial charge in [0.2, 0.25) is 0 Å². The molecule has 1 aromatic rings. The van der Waals surface area contributed by atoms with Crippen LogP contribution in [0.3, 0.4) is 0 Å². The minimum absolute atomic E-state index is 0.0855. The van der Waals surface area contributed by atoms with E-state index >= 15 is 0 Å². The number of likely N-dealkylation sites (N-methyl/N-ethyl adjacent to an activating group) is 2. The summed E-state index contributed by atoms with van der Waals surface area (Å²) >= 11 is 0. The smallest absolute Gasteiger partial charge is 0.326 e. The summed E-state index contributed by atoms with van der Waals surface area (Å²) in [4.78, 5) is 41.9. The average Bonchev–Trinajstić information content (AvgIpc) is 3.69. The number of morpholine rings is 1. The van der Waals surface area contributed by atoms with E-state index in [9.17, 15) is 19.5 Å². The number of esters is 1. The Bertz CT molecular complexity index is 880. The molecule has 9 nitrogen and oxygen atoms in total. The summed E-state index contributed by atoms with van der Waals surface area (Å²) in [5.74, 6) is -1.46. The van der Waals surface area contributed by atoms with Crippen molar-refractivity contribution in [2.24, 2.45) is 11.8 Å². The minimum Gasteiger partial charge on any atom is -0.480 e. The molecule has 3 rings (SSSR count). The highest BCUT2D eigenvalue weighted by atomic mass is 16.5. The maximum atomic E-state index is 13.5. The summed E-state index contributed by atoms with van der Waals surface area (Å²) in [6.45, 7) is 6.85. The van der Waals surface area contributed by atoms with Crippen molar-refractivity contribution in [2.75, 3.05) is 45.3 Å². The first-order valence-electron chi connectivity index (χ1n) is 13.0. The first-order chi connectivity index (χ1) is 17.2. The van der Waals surface area contributed by atoms with Crippen molar-refractivity contribution < 1.29 is 29.0 Å². The molecule has 2 fully saturated rings. The first kappa shape index (κ1) is 27.9. The standard InChI is InChI=1S/C27H41N3O6/c1-18(2)15-23(26(32)33)29(4)25(31)24(36-27(34)22(28-3)16-19-5-6-19)17-20-7-9-21(10-8-20)30-11-13-35-14-12-30/h7-10,18-19,22-24,28H,5-6,11-17H2,1-4H3,(H,32,33). The molecule has 2 aliphatic rings. The number of carbonyl (C=O) groups excluding carboxylic acids is 2. The fraction of sp³-hybridized carbons (Fsp3) is 0.667. The van der Waals surface area contributed by atoms with Crippen molar-refractivity contribution >= 4 is 23.5 Å². The third-order valence-corrected chi connectivity index (χ3v) is 6.96. The van der Waals surface area contributed by atoms with Gasteiger partial charge in [-0.1, -0.05) is 38.8 Å². The molecular weight excluding hydrogens is 462 g/mol. The third kappa shape index (κ3) is 7.93. The molecule has 0 spiro atoms. The Hall–Kier alpha value is -2.65. The molecule has 1 saturated carbocycles. The van der Waals surface area contributed by atoms with Crippen LogP contribution in [0.1, 0.15) is 45.1 Å². The highest BCUT2D eigenvalue weighted by molar-refractivity contribution is 5.88. The van der Waals surface area contributed by atoms with Crippen LogP contribution >= 0.6 is 0 Å². The van der Waals surface area contributed by atoms with Gasteiger partial charge in [0, 0.05) is 32.2 Å². The van der Waals surface area contributed by atoms with Gasteiger partial charge in [-0.15, -0.1) is 0 Å². The number of ether oxygens (including phenoxy) is 2. The SMILES string of the molecule is CNC(CC1CC1)C(=O)OC(Cc1ccc(N2CCOCC2)cc1)C(=O)N(C)C(CC(C)C)C(=O)O. The number of rotatable bonds is 13. The lowest BCUT2D eigenvalue weighted by Crippen LogP contribution is -2.50. The van der Waals surface area contributed by atoms with E-state index in [1.54, 1.807) is 7.05 Å². The number of amides is 1. The molecule has 9 heteroatoms. The molecule has 1 aliphatic carbocycles. The number of carboxylic acid groups (broad SMARTS) is 1. The number of carboxylic acids is 1. The summed E-state index contributed by atoms with van der Waals surface area (Å²) in [6, 6.07) is 6.37. The van der Waals surface area contributed by atoms with Gasteiger partial charge in [0.1, 0.15) is 12.1 Å². The second-order valence-corrected chi connectivity index (χ2v) is 10.3. The van der Waals surface area contributed by atoms with E-state index in [0.29, 0.717) is 32.0 Å². The number of nitrogens with one attached hydrogen (secondary N) is 1. The van der Waals surface area contributed by atoms with Crippen molar-refractivity contribution in [3.63, 3.8) is 0 Å². The number of benzene rings is 1. The Morgan fingerprint density at radius 3 is 2.33 bits per heavy atom. The molecule has 0 bridgehead atoms. The van der Waals surface area contributed by atoms with Gasteiger partial charge in [0.05, 0.1) is 13.2 Å². The topological polar surface area (TPSA) is 108 Å². The van der Waals surface area contributed by atoms with Gasteiger partial charge in [0.25, 0.3) is 5.91 Å². The number of nitrogens with zero attached hydrogens (tertiary/aromatic N) is 2. The Labute approximate surface area is 214 Å². The van der Waals surface area contributed by atoms with E-state index in [1.165, 1.54) is 11.9 Å². The van der Waals surface area contributed by atoms with Crippen LogP contribution in [0.15, 0.2) is 24.3 Å². The number of anilines is 1. The quantitative estimate of drug-likeness (QED) is 0.395. The second kappa shape index (κ2) is 13.1. The van der Waals surface area contributed by atoms with Crippen LogP contribution < -0.4 is 10.2 Å². The molecule has 2 N–H and O–H groups in total. The minimum atomic E-state index is -1.11. The molecule has 1 aromatic carbocycles.